The standard InChI is InChI=1S/C25H28N4O3/c1-5-29-22(31)19-9-7-6-8-18(19)20(28-29)21(30)26-27-23(32)25(14-15-25)17-12-10-16(11-13-17)24(2,3)4/h6-13H,5,14-15H2,1-4H3,(H,26,30)(H,27,32). The highest BCUT2D eigenvalue weighted by Crippen LogP contribution is 2.48. The molecule has 4 rings (SSSR count). The fourth-order valence-corrected chi connectivity index (χ4v) is 3.97. The van der Waals surface area contributed by atoms with Gasteiger partial charge in [-0.25, -0.2) is 4.68 Å². The highest BCUT2D eigenvalue weighted by molar-refractivity contribution is 6.05. The Morgan fingerprint density at radius 1 is 1.00 bits per heavy atom. The van der Waals surface area contributed by atoms with Crippen molar-refractivity contribution in [3.63, 3.8) is 0 Å². The van der Waals surface area contributed by atoms with Gasteiger partial charge in [0, 0.05) is 11.9 Å². The predicted octanol–water partition coefficient (Wildman–Crippen LogP) is 3.21. The molecule has 1 heterocycles. The molecule has 1 aromatic heterocycles. The third kappa shape index (κ3) is 3.79. The van der Waals surface area contributed by atoms with Gasteiger partial charge in [0.05, 0.1) is 10.8 Å². The number of aryl methyl sites for hydroxylation is 1. The van der Waals surface area contributed by atoms with Crippen LogP contribution in [-0.4, -0.2) is 21.6 Å². The van der Waals surface area contributed by atoms with Gasteiger partial charge >= 0.3 is 0 Å². The van der Waals surface area contributed by atoms with Crippen molar-refractivity contribution in [3.05, 3.63) is 75.7 Å². The number of hydrazine groups is 1. The van der Waals surface area contributed by atoms with Gasteiger partial charge in [-0.05, 0) is 42.4 Å². The van der Waals surface area contributed by atoms with Crippen molar-refractivity contribution in [2.75, 3.05) is 0 Å². The smallest absolute Gasteiger partial charge is 0.272 e. The van der Waals surface area contributed by atoms with E-state index in [-0.39, 0.29) is 22.6 Å². The average Bonchev–Trinajstić information content (AvgIpc) is 3.59. The minimum Gasteiger partial charge on any atom is -0.272 e. The zero-order valence-corrected chi connectivity index (χ0v) is 18.9. The Labute approximate surface area is 186 Å². The van der Waals surface area contributed by atoms with Crippen molar-refractivity contribution in [2.24, 2.45) is 0 Å². The topological polar surface area (TPSA) is 93.1 Å². The van der Waals surface area contributed by atoms with Gasteiger partial charge in [-0.15, -0.1) is 0 Å². The second kappa shape index (κ2) is 7.89. The van der Waals surface area contributed by atoms with Gasteiger partial charge in [-0.3, -0.25) is 25.2 Å². The molecule has 0 bridgehead atoms. The normalized spacial score (nSPS) is 14.8. The second-order valence-corrected chi connectivity index (χ2v) is 9.33. The molecule has 1 fully saturated rings. The van der Waals surface area contributed by atoms with E-state index in [0.717, 1.165) is 18.4 Å². The number of hydrogen-bond acceptors (Lipinski definition) is 4. The quantitative estimate of drug-likeness (QED) is 0.619. The van der Waals surface area contributed by atoms with Gasteiger partial charge in [0.2, 0.25) is 5.91 Å². The molecule has 7 heteroatoms. The zero-order chi connectivity index (χ0) is 23.1. The Kier molecular flexibility index (Phi) is 5.36. The molecule has 3 aromatic rings. The van der Waals surface area contributed by atoms with E-state index in [1.165, 1.54) is 10.2 Å². The van der Waals surface area contributed by atoms with Gasteiger partial charge in [0.25, 0.3) is 11.5 Å². The maximum Gasteiger partial charge on any atom is 0.290 e. The number of amides is 2. The molecule has 1 saturated carbocycles. The number of carbonyl (C=O) groups excluding carboxylic acids is 2. The molecule has 0 atom stereocenters. The minimum absolute atomic E-state index is 0.0379. The summed E-state index contributed by atoms with van der Waals surface area (Å²) in [5.74, 6) is -0.807. The molecule has 32 heavy (non-hydrogen) atoms. The first-order valence-corrected chi connectivity index (χ1v) is 10.9. The largest absolute Gasteiger partial charge is 0.290 e. The van der Waals surface area contributed by atoms with E-state index in [1.54, 1.807) is 31.2 Å². The first kappa shape index (κ1) is 21.7. The molecule has 0 unspecified atom stereocenters. The summed E-state index contributed by atoms with van der Waals surface area (Å²) in [6.45, 7) is 8.57. The molecule has 0 saturated heterocycles. The van der Waals surface area contributed by atoms with Crippen LogP contribution in [0.4, 0.5) is 0 Å². The molecule has 166 valence electrons. The van der Waals surface area contributed by atoms with E-state index in [4.69, 9.17) is 0 Å². The van der Waals surface area contributed by atoms with E-state index in [0.29, 0.717) is 17.3 Å². The van der Waals surface area contributed by atoms with E-state index in [1.807, 2.05) is 12.1 Å². The van der Waals surface area contributed by atoms with Crippen LogP contribution in [0.5, 0.6) is 0 Å². The van der Waals surface area contributed by atoms with Crippen LogP contribution in [0.1, 0.15) is 62.2 Å². The Morgan fingerprint density at radius 3 is 2.19 bits per heavy atom. The van der Waals surface area contributed by atoms with Gasteiger partial charge in [-0.1, -0.05) is 63.2 Å². The Hall–Kier alpha value is -3.48. The fraction of sp³-hybridized carbons (Fsp3) is 0.360. The SMILES string of the molecule is CCn1nc(C(=O)NNC(=O)C2(c3ccc(C(C)(C)C)cc3)CC2)c2ccccc2c1=O. The highest BCUT2D eigenvalue weighted by atomic mass is 16.2. The van der Waals surface area contributed by atoms with Crippen LogP contribution in [0, 0.1) is 0 Å². The first-order chi connectivity index (χ1) is 15.2. The van der Waals surface area contributed by atoms with Crippen LogP contribution in [0.25, 0.3) is 10.8 Å². The van der Waals surface area contributed by atoms with E-state index in [2.05, 4.69) is 48.9 Å². The fourth-order valence-electron chi connectivity index (χ4n) is 3.97. The van der Waals surface area contributed by atoms with Crippen molar-refractivity contribution >= 4 is 22.6 Å². The van der Waals surface area contributed by atoms with Gasteiger partial charge in [0.1, 0.15) is 0 Å². The lowest BCUT2D eigenvalue weighted by molar-refractivity contribution is -0.124. The van der Waals surface area contributed by atoms with Crippen molar-refractivity contribution in [2.45, 2.75) is 57.9 Å². The molecule has 7 nitrogen and oxygen atoms in total. The lowest BCUT2D eigenvalue weighted by Crippen LogP contribution is -2.47. The summed E-state index contributed by atoms with van der Waals surface area (Å²) < 4.78 is 1.25. The highest BCUT2D eigenvalue weighted by Gasteiger charge is 2.51. The molecule has 0 spiro atoms. The number of hydrogen-bond donors (Lipinski definition) is 2. The number of aromatic nitrogens is 2. The molecule has 2 aromatic carbocycles. The van der Waals surface area contributed by atoms with Crippen LogP contribution in [0.15, 0.2) is 53.3 Å². The van der Waals surface area contributed by atoms with E-state index >= 15 is 0 Å². The predicted molar refractivity (Wildman–Crippen MR) is 123 cm³/mol. The number of rotatable bonds is 4. The maximum atomic E-state index is 13.0. The van der Waals surface area contributed by atoms with Crippen molar-refractivity contribution in [1.29, 1.82) is 0 Å². The number of benzene rings is 2. The van der Waals surface area contributed by atoms with Gasteiger partial charge < -0.3 is 0 Å². The lowest BCUT2D eigenvalue weighted by Gasteiger charge is -2.21. The maximum absolute atomic E-state index is 13.0. The molecule has 2 amide bonds. The van der Waals surface area contributed by atoms with Crippen LogP contribution < -0.4 is 16.4 Å². The van der Waals surface area contributed by atoms with E-state index < -0.39 is 11.3 Å². The van der Waals surface area contributed by atoms with Crippen molar-refractivity contribution < 1.29 is 9.59 Å². The molecular formula is C25H28N4O3. The van der Waals surface area contributed by atoms with Gasteiger partial charge in [-0.2, -0.15) is 5.10 Å². The Bertz CT molecular complexity index is 1250. The lowest BCUT2D eigenvalue weighted by atomic mass is 9.85. The Morgan fingerprint density at radius 2 is 1.62 bits per heavy atom. The monoisotopic (exact) mass is 432 g/mol. The number of nitrogens with zero attached hydrogens (tertiary/aromatic N) is 2. The summed E-state index contributed by atoms with van der Waals surface area (Å²) in [6, 6.07) is 15.0. The third-order valence-electron chi connectivity index (χ3n) is 6.16. The van der Waals surface area contributed by atoms with Crippen LogP contribution in [0.3, 0.4) is 0 Å². The summed E-state index contributed by atoms with van der Waals surface area (Å²) in [7, 11) is 0. The molecule has 0 radical (unpaired) electrons. The Balaban J connectivity index is 1.53. The second-order valence-electron chi connectivity index (χ2n) is 9.33. The van der Waals surface area contributed by atoms with Crippen molar-refractivity contribution in [3.8, 4) is 0 Å². The van der Waals surface area contributed by atoms with Gasteiger partial charge in [0.15, 0.2) is 5.69 Å². The summed E-state index contributed by atoms with van der Waals surface area (Å²) in [5.41, 5.74) is 6.49. The molecule has 1 aliphatic carbocycles. The number of fused-ring (bicyclic) bond motifs is 1. The summed E-state index contributed by atoms with van der Waals surface area (Å²) in [4.78, 5) is 38.3. The van der Waals surface area contributed by atoms with Crippen molar-refractivity contribution in [1.82, 2.24) is 20.6 Å². The molecule has 2 N–H and O–H groups in total. The average molecular weight is 433 g/mol. The van der Waals surface area contributed by atoms with Crippen LogP contribution in [-0.2, 0) is 22.2 Å². The molecule has 1 aliphatic rings. The zero-order valence-electron chi connectivity index (χ0n) is 18.9. The van der Waals surface area contributed by atoms with Crippen LogP contribution in [0.2, 0.25) is 0 Å². The number of nitrogens with one attached hydrogen (secondary N) is 2. The summed E-state index contributed by atoms with van der Waals surface area (Å²) >= 11 is 0. The minimum atomic E-state index is -0.624. The van der Waals surface area contributed by atoms with Crippen LogP contribution >= 0.6 is 0 Å². The third-order valence-corrected chi connectivity index (χ3v) is 6.16. The number of carbonyl (C=O) groups is 2. The first-order valence-electron chi connectivity index (χ1n) is 10.9. The summed E-state index contributed by atoms with van der Waals surface area (Å²) in [6.07, 6.45) is 1.46. The summed E-state index contributed by atoms with van der Waals surface area (Å²) in [5, 5.41) is 5.07. The molecule has 0 aliphatic heterocycles. The molecular weight excluding hydrogens is 404 g/mol. The van der Waals surface area contributed by atoms with E-state index in [9.17, 15) is 14.4 Å².